The molecule has 0 aliphatic carbocycles. The minimum atomic E-state index is -0.387. The van der Waals surface area contributed by atoms with Gasteiger partial charge in [0.1, 0.15) is 0 Å². The molecule has 66 valence electrons. The van der Waals surface area contributed by atoms with Gasteiger partial charge in [-0.05, 0) is 0 Å². The van der Waals surface area contributed by atoms with Crippen LogP contribution in [0.4, 0.5) is 0 Å². The second-order valence-electron chi connectivity index (χ2n) is 3.21. The Labute approximate surface area is 95.2 Å². The van der Waals surface area contributed by atoms with Crippen LogP contribution in [0.2, 0.25) is 0 Å². The van der Waals surface area contributed by atoms with Crippen molar-refractivity contribution in [2.75, 3.05) is 0 Å². The Bertz CT molecular complexity index is 327. The van der Waals surface area contributed by atoms with Gasteiger partial charge in [-0.15, -0.1) is 0 Å². The first-order chi connectivity index (χ1) is 6.95. The van der Waals surface area contributed by atoms with Gasteiger partial charge in [0.05, 0.1) is 0 Å². The molecule has 2 rings (SSSR count). The van der Waals surface area contributed by atoms with Gasteiger partial charge < -0.3 is 0 Å². The zero-order chi connectivity index (χ0) is 9.64. The second-order valence-corrected chi connectivity index (χ2v) is 6.87. The Hall–Kier alpha value is -0.761. The summed E-state index contributed by atoms with van der Waals surface area (Å²) < 4.78 is 2.88. The molecule has 0 nitrogen and oxygen atoms in total. The third-order valence-corrected chi connectivity index (χ3v) is 5.90. The van der Waals surface area contributed by atoms with Crippen molar-refractivity contribution >= 4 is 24.7 Å². The minimum absolute atomic E-state index is 0.387. The standard InChI is InChI=1S/C7H7.C6H5.Sn/c1-7-5-3-2-4-6-7;1-2-4-6-5-3-1;/h2-6H,1H2;1-5H;/q;;+2. The van der Waals surface area contributed by atoms with E-state index >= 15 is 0 Å². The van der Waals surface area contributed by atoms with E-state index in [4.69, 9.17) is 0 Å². The van der Waals surface area contributed by atoms with Crippen LogP contribution >= 0.6 is 0 Å². The molecule has 0 aliphatic rings. The van der Waals surface area contributed by atoms with Crippen LogP contribution in [0.1, 0.15) is 5.56 Å². The van der Waals surface area contributed by atoms with Crippen LogP contribution < -0.4 is 3.58 Å². The summed E-state index contributed by atoms with van der Waals surface area (Å²) in [5, 5.41) is 0. The third kappa shape index (κ3) is 2.88. The van der Waals surface area contributed by atoms with E-state index in [0.717, 1.165) is 0 Å². The average Bonchev–Trinajstić information content (AvgIpc) is 2.29. The first kappa shape index (κ1) is 9.78. The number of rotatable bonds is 3. The molecule has 0 spiro atoms. The van der Waals surface area contributed by atoms with Crippen molar-refractivity contribution in [3.8, 4) is 0 Å². The number of hydrogen-bond donors (Lipinski definition) is 0. The van der Waals surface area contributed by atoms with Gasteiger partial charge in [0, 0.05) is 0 Å². The summed E-state index contributed by atoms with van der Waals surface area (Å²) in [7, 11) is 0. The Balaban J connectivity index is 1.96. The van der Waals surface area contributed by atoms with Crippen LogP contribution in [-0.2, 0) is 4.44 Å². The zero-order valence-electron chi connectivity index (χ0n) is 7.98. The van der Waals surface area contributed by atoms with E-state index in [1.54, 1.807) is 3.58 Å². The molecular weight excluding hydrogens is 275 g/mol. The Morgan fingerprint density at radius 1 is 0.714 bits per heavy atom. The van der Waals surface area contributed by atoms with Crippen molar-refractivity contribution < 1.29 is 0 Å². The molecule has 2 aromatic rings. The van der Waals surface area contributed by atoms with Gasteiger partial charge >= 0.3 is 95.4 Å². The third-order valence-electron chi connectivity index (χ3n) is 2.11. The molecule has 0 fully saturated rings. The first-order valence-electron chi connectivity index (χ1n) is 4.78. The molecule has 0 N–H and O–H groups in total. The normalized spacial score (nSPS) is 9.43. The summed E-state index contributed by atoms with van der Waals surface area (Å²) in [5.74, 6) is 0. The average molecular weight is 287 g/mol. The van der Waals surface area contributed by atoms with Gasteiger partial charge in [-0.25, -0.2) is 0 Å². The van der Waals surface area contributed by atoms with Gasteiger partial charge in [-0.1, -0.05) is 0 Å². The van der Waals surface area contributed by atoms with Crippen LogP contribution in [0.5, 0.6) is 0 Å². The number of hydrogen-bond acceptors (Lipinski definition) is 0. The summed E-state index contributed by atoms with van der Waals surface area (Å²) >= 11 is -0.387. The Kier molecular flexibility index (Phi) is 3.63. The van der Waals surface area contributed by atoms with Crippen molar-refractivity contribution in [2.24, 2.45) is 0 Å². The summed E-state index contributed by atoms with van der Waals surface area (Å²) in [6.07, 6.45) is 0. The Morgan fingerprint density at radius 3 is 1.93 bits per heavy atom. The maximum atomic E-state index is 2.26. The van der Waals surface area contributed by atoms with Gasteiger partial charge in [0.25, 0.3) is 0 Å². The van der Waals surface area contributed by atoms with Crippen molar-refractivity contribution in [1.82, 2.24) is 0 Å². The quantitative estimate of drug-likeness (QED) is 0.759. The fourth-order valence-electron chi connectivity index (χ4n) is 1.36. The van der Waals surface area contributed by atoms with Crippen molar-refractivity contribution in [3.05, 3.63) is 66.2 Å². The zero-order valence-corrected chi connectivity index (χ0v) is 10.8. The van der Waals surface area contributed by atoms with Crippen LogP contribution in [0.15, 0.2) is 60.7 Å². The van der Waals surface area contributed by atoms with E-state index in [9.17, 15) is 0 Å². The molecule has 0 heterocycles. The molecular formula is C13H12Sn+2. The molecule has 1 heteroatoms. The van der Waals surface area contributed by atoms with Crippen LogP contribution in [0.25, 0.3) is 0 Å². The van der Waals surface area contributed by atoms with Crippen LogP contribution in [0.3, 0.4) is 0 Å². The molecule has 0 saturated carbocycles. The summed E-state index contributed by atoms with van der Waals surface area (Å²) in [4.78, 5) is 0. The van der Waals surface area contributed by atoms with E-state index < -0.39 is 0 Å². The monoisotopic (exact) mass is 288 g/mol. The topological polar surface area (TPSA) is 0 Å². The molecule has 2 aromatic carbocycles. The molecule has 0 aliphatic heterocycles. The van der Waals surface area contributed by atoms with Gasteiger partial charge in [0.15, 0.2) is 0 Å². The molecule has 0 atom stereocenters. The van der Waals surface area contributed by atoms with Crippen LogP contribution in [0, 0.1) is 0 Å². The molecule has 0 radical (unpaired) electrons. The molecule has 0 bridgehead atoms. The van der Waals surface area contributed by atoms with E-state index in [0.29, 0.717) is 0 Å². The maximum absolute atomic E-state index is 2.26. The predicted octanol–water partition coefficient (Wildman–Crippen LogP) is 2.22. The second kappa shape index (κ2) is 5.20. The summed E-state index contributed by atoms with van der Waals surface area (Å²) in [5.41, 5.74) is 1.49. The summed E-state index contributed by atoms with van der Waals surface area (Å²) in [6, 6.07) is 21.7. The fourth-order valence-corrected chi connectivity index (χ4v) is 4.42. The molecule has 0 saturated heterocycles. The first-order valence-corrected chi connectivity index (χ1v) is 8.22. The van der Waals surface area contributed by atoms with Gasteiger partial charge in [-0.2, -0.15) is 0 Å². The van der Waals surface area contributed by atoms with E-state index in [1.807, 2.05) is 0 Å². The van der Waals surface area contributed by atoms with E-state index in [2.05, 4.69) is 60.7 Å². The predicted molar refractivity (Wildman–Crippen MR) is 62.0 cm³/mol. The molecule has 0 unspecified atom stereocenters. The van der Waals surface area contributed by atoms with Crippen molar-refractivity contribution in [1.29, 1.82) is 0 Å². The number of benzene rings is 2. The molecule has 0 aromatic heterocycles. The summed E-state index contributed by atoms with van der Waals surface area (Å²) in [6.45, 7) is 0. The van der Waals surface area contributed by atoms with E-state index in [-0.39, 0.29) is 21.1 Å². The molecule has 14 heavy (non-hydrogen) atoms. The van der Waals surface area contributed by atoms with Gasteiger partial charge in [0.2, 0.25) is 0 Å². The van der Waals surface area contributed by atoms with Gasteiger partial charge in [-0.3, -0.25) is 0 Å². The SMILES string of the molecule is c1ccc([CH2][Sn+2][c]2ccccc2)cc1. The van der Waals surface area contributed by atoms with E-state index in [1.165, 1.54) is 10.0 Å². The van der Waals surface area contributed by atoms with Crippen LogP contribution in [-0.4, -0.2) is 21.1 Å². The van der Waals surface area contributed by atoms with Crippen molar-refractivity contribution in [3.63, 3.8) is 0 Å². The van der Waals surface area contributed by atoms with Crippen molar-refractivity contribution in [2.45, 2.75) is 4.44 Å². The Morgan fingerprint density at radius 2 is 1.29 bits per heavy atom. The molecule has 0 amide bonds. The fraction of sp³-hybridized carbons (Fsp3) is 0.0769.